The second kappa shape index (κ2) is 5.95. The summed E-state index contributed by atoms with van der Waals surface area (Å²) in [5, 5.41) is 12.7. The van der Waals surface area contributed by atoms with Gasteiger partial charge in [-0.1, -0.05) is 24.3 Å². The summed E-state index contributed by atoms with van der Waals surface area (Å²) >= 11 is 1.35. The Morgan fingerprint density at radius 1 is 1.48 bits per heavy atom. The van der Waals surface area contributed by atoms with Gasteiger partial charge in [0.1, 0.15) is 4.88 Å². The molecule has 1 amide bonds. The van der Waals surface area contributed by atoms with Gasteiger partial charge in [-0.3, -0.25) is 4.79 Å². The van der Waals surface area contributed by atoms with Crippen LogP contribution in [-0.2, 0) is 6.42 Å². The zero-order chi connectivity index (χ0) is 14.8. The zero-order valence-corrected chi connectivity index (χ0v) is 12.7. The molecule has 1 aliphatic rings. The van der Waals surface area contributed by atoms with Crippen molar-refractivity contribution in [3.05, 3.63) is 51.5 Å². The molecule has 2 aromatic rings. The number of hydrogen-bond acceptors (Lipinski definition) is 4. The van der Waals surface area contributed by atoms with Crippen LogP contribution < -0.4 is 5.32 Å². The third kappa shape index (κ3) is 2.71. The zero-order valence-electron chi connectivity index (χ0n) is 11.9. The molecule has 1 aromatic carbocycles. The molecule has 2 N–H and O–H groups in total. The van der Waals surface area contributed by atoms with E-state index in [0.717, 1.165) is 24.1 Å². The molecule has 21 heavy (non-hydrogen) atoms. The monoisotopic (exact) mass is 302 g/mol. The Hall–Kier alpha value is -1.72. The van der Waals surface area contributed by atoms with Crippen LogP contribution in [0, 0.1) is 12.8 Å². The van der Waals surface area contributed by atoms with Gasteiger partial charge in [-0.15, -0.1) is 11.3 Å². The van der Waals surface area contributed by atoms with Crippen LogP contribution in [0.5, 0.6) is 0 Å². The number of rotatable bonds is 3. The van der Waals surface area contributed by atoms with Crippen LogP contribution >= 0.6 is 11.3 Å². The average Bonchev–Trinajstić information content (AvgIpc) is 2.94. The van der Waals surface area contributed by atoms with Crippen LogP contribution in [0.15, 0.2) is 29.8 Å². The highest BCUT2D eigenvalue weighted by Crippen LogP contribution is 2.34. The van der Waals surface area contributed by atoms with Gasteiger partial charge in [0.2, 0.25) is 0 Å². The van der Waals surface area contributed by atoms with E-state index in [0.29, 0.717) is 4.88 Å². The lowest BCUT2D eigenvalue weighted by molar-refractivity contribution is 0.0896. The first-order chi connectivity index (χ1) is 10.2. The predicted molar refractivity (Wildman–Crippen MR) is 82.4 cm³/mol. The lowest BCUT2D eigenvalue weighted by Crippen LogP contribution is -2.37. The van der Waals surface area contributed by atoms with Gasteiger partial charge >= 0.3 is 0 Å². The highest BCUT2D eigenvalue weighted by molar-refractivity contribution is 7.11. The SMILES string of the molecule is Cc1ncsc1C(=O)N[C@H]1c2ccccc2CC[C@H]1CO. The van der Waals surface area contributed by atoms with E-state index in [4.69, 9.17) is 0 Å². The molecule has 4 nitrogen and oxygen atoms in total. The lowest BCUT2D eigenvalue weighted by Gasteiger charge is -2.33. The molecule has 0 radical (unpaired) electrons. The molecule has 1 aromatic heterocycles. The van der Waals surface area contributed by atoms with Crippen molar-refractivity contribution in [3.63, 3.8) is 0 Å². The Morgan fingerprint density at radius 2 is 2.29 bits per heavy atom. The van der Waals surface area contributed by atoms with Crippen LogP contribution in [0.3, 0.4) is 0 Å². The number of aromatic nitrogens is 1. The molecule has 3 rings (SSSR count). The minimum Gasteiger partial charge on any atom is -0.396 e. The maximum absolute atomic E-state index is 12.4. The molecule has 0 spiro atoms. The Labute approximate surface area is 127 Å². The van der Waals surface area contributed by atoms with Crippen molar-refractivity contribution >= 4 is 17.2 Å². The van der Waals surface area contributed by atoms with Gasteiger partial charge in [0.05, 0.1) is 17.2 Å². The predicted octanol–water partition coefficient (Wildman–Crippen LogP) is 2.48. The van der Waals surface area contributed by atoms with Crippen molar-refractivity contribution in [2.75, 3.05) is 6.61 Å². The molecule has 0 aliphatic heterocycles. The largest absolute Gasteiger partial charge is 0.396 e. The number of hydrogen-bond donors (Lipinski definition) is 2. The van der Waals surface area contributed by atoms with Crippen LogP contribution in [-0.4, -0.2) is 22.6 Å². The van der Waals surface area contributed by atoms with Crippen molar-refractivity contribution in [3.8, 4) is 0 Å². The molecular formula is C16H18N2O2S. The molecule has 0 bridgehead atoms. The van der Waals surface area contributed by atoms with Crippen molar-refractivity contribution in [1.82, 2.24) is 10.3 Å². The number of aliphatic hydroxyl groups excluding tert-OH is 1. The summed E-state index contributed by atoms with van der Waals surface area (Å²) in [5.74, 6) is -0.0350. The number of aryl methyl sites for hydroxylation is 2. The van der Waals surface area contributed by atoms with Gasteiger partial charge in [0.25, 0.3) is 5.91 Å². The molecule has 1 heterocycles. The quantitative estimate of drug-likeness (QED) is 0.915. The number of nitrogens with one attached hydrogen (secondary N) is 1. The third-order valence-electron chi connectivity index (χ3n) is 4.12. The van der Waals surface area contributed by atoms with E-state index in [-0.39, 0.29) is 24.5 Å². The van der Waals surface area contributed by atoms with Crippen LogP contribution in [0.4, 0.5) is 0 Å². The number of fused-ring (bicyclic) bond motifs is 1. The number of nitrogens with zero attached hydrogens (tertiary/aromatic N) is 1. The number of carbonyl (C=O) groups is 1. The molecule has 0 saturated heterocycles. The summed E-state index contributed by atoms with van der Waals surface area (Å²) in [7, 11) is 0. The fourth-order valence-corrected chi connectivity index (χ4v) is 3.65. The number of aliphatic hydroxyl groups is 1. The Morgan fingerprint density at radius 3 is 3.00 bits per heavy atom. The molecule has 0 unspecified atom stereocenters. The summed E-state index contributed by atoms with van der Waals surface area (Å²) in [5.41, 5.74) is 4.82. The summed E-state index contributed by atoms with van der Waals surface area (Å²) in [6.45, 7) is 1.92. The van der Waals surface area contributed by atoms with Gasteiger partial charge < -0.3 is 10.4 Å². The van der Waals surface area contributed by atoms with Crippen LogP contribution in [0.2, 0.25) is 0 Å². The summed E-state index contributed by atoms with van der Waals surface area (Å²) in [6.07, 6.45) is 1.84. The van der Waals surface area contributed by atoms with Crippen molar-refractivity contribution < 1.29 is 9.90 Å². The molecule has 5 heteroatoms. The summed E-state index contributed by atoms with van der Waals surface area (Å²) in [6, 6.07) is 8.01. The van der Waals surface area contributed by atoms with E-state index in [1.165, 1.54) is 16.9 Å². The minimum atomic E-state index is -0.131. The van der Waals surface area contributed by atoms with Crippen molar-refractivity contribution in [2.24, 2.45) is 5.92 Å². The maximum Gasteiger partial charge on any atom is 0.263 e. The van der Waals surface area contributed by atoms with Crippen LogP contribution in [0.1, 0.15) is 39.0 Å². The number of thiazole rings is 1. The minimum absolute atomic E-state index is 0.0667. The molecular weight excluding hydrogens is 284 g/mol. The van der Waals surface area contributed by atoms with E-state index < -0.39 is 0 Å². The third-order valence-corrected chi connectivity index (χ3v) is 5.05. The average molecular weight is 302 g/mol. The molecule has 110 valence electrons. The Bertz CT molecular complexity index is 653. The fraction of sp³-hybridized carbons (Fsp3) is 0.375. The topological polar surface area (TPSA) is 62.2 Å². The lowest BCUT2D eigenvalue weighted by atomic mass is 9.80. The van der Waals surface area contributed by atoms with E-state index >= 15 is 0 Å². The first-order valence-electron chi connectivity index (χ1n) is 7.10. The fourth-order valence-electron chi connectivity index (χ4n) is 2.95. The molecule has 0 fully saturated rings. The van der Waals surface area contributed by atoms with E-state index in [1.807, 2.05) is 25.1 Å². The van der Waals surface area contributed by atoms with Gasteiger partial charge in [-0.25, -0.2) is 4.98 Å². The van der Waals surface area contributed by atoms with Crippen LogP contribution in [0.25, 0.3) is 0 Å². The highest BCUT2D eigenvalue weighted by Gasteiger charge is 2.30. The first kappa shape index (κ1) is 14.2. The Kier molecular flexibility index (Phi) is 4.03. The molecule has 2 atom stereocenters. The maximum atomic E-state index is 12.4. The van der Waals surface area contributed by atoms with Crippen molar-refractivity contribution in [1.29, 1.82) is 0 Å². The first-order valence-corrected chi connectivity index (χ1v) is 7.98. The standard InChI is InChI=1S/C16H18N2O2S/c1-10-15(21-9-17-10)16(20)18-14-12(8-19)7-6-11-4-2-3-5-13(11)14/h2-5,9,12,14,19H,6-8H2,1H3,(H,18,20)/t12-,14+/m0/s1. The summed E-state index contributed by atoms with van der Waals surface area (Å²) < 4.78 is 0. The number of benzene rings is 1. The van der Waals surface area contributed by atoms with Gasteiger partial charge in [0.15, 0.2) is 0 Å². The molecule has 0 saturated carbocycles. The van der Waals surface area contributed by atoms with Gasteiger partial charge in [-0.05, 0) is 30.9 Å². The second-order valence-electron chi connectivity index (χ2n) is 5.40. The van der Waals surface area contributed by atoms with E-state index in [2.05, 4.69) is 16.4 Å². The van der Waals surface area contributed by atoms with E-state index in [1.54, 1.807) is 5.51 Å². The van der Waals surface area contributed by atoms with Gasteiger partial charge in [-0.2, -0.15) is 0 Å². The highest BCUT2D eigenvalue weighted by atomic mass is 32.1. The number of amides is 1. The Balaban J connectivity index is 1.89. The summed E-state index contributed by atoms with van der Waals surface area (Å²) in [4.78, 5) is 17.2. The van der Waals surface area contributed by atoms with Crippen molar-refractivity contribution in [2.45, 2.75) is 25.8 Å². The van der Waals surface area contributed by atoms with Gasteiger partial charge in [0, 0.05) is 12.5 Å². The smallest absolute Gasteiger partial charge is 0.263 e. The van der Waals surface area contributed by atoms with E-state index in [9.17, 15) is 9.90 Å². The second-order valence-corrected chi connectivity index (χ2v) is 6.25. The number of carbonyl (C=O) groups excluding carboxylic acids is 1. The normalized spacial score (nSPS) is 20.9. The molecule has 1 aliphatic carbocycles.